The molecule has 0 spiro atoms. The number of anilines is 4. The van der Waals surface area contributed by atoms with Gasteiger partial charge in [0.05, 0.1) is 11.9 Å². The summed E-state index contributed by atoms with van der Waals surface area (Å²) in [6.45, 7) is 0.375. The fourth-order valence-corrected chi connectivity index (χ4v) is 1.99. The third-order valence-corrected chi connectivity index (χ3v) is 3.16. The second-order valence-electron chi connectivity index (χ2n) is 4.89. The molecule has 6 N–H and O–H groups in total. The molecule has 0 radical (unpaired) electrons. The largest absolute Gasteiger partial charge is 0.382 e. The lowest BCUT2D eigenvalue weighted by Gasteiger charge is -2.09. The topological polar surface area (TPSA) is 134 Å². The SMILES string of the molecule is Nc1[nH]nc(NC(=O)NCc2ccncc2)c1Nc1cccnc1. The van der Waals surface area contributed by atoms with Crippen molar-refractivity contribution in [3.8, 4) is 0 Å². The smallest absolute Gasteiger partial charge is 0.320 e. The van der Waals surface area contributed by atoms with Crippen molar-refractivity contribution in [3.05, 3.63) is 54.6 Å². The Bertz CT molecular complexity index is 803. The molecule has 9 heteroatoms. The Kier molecular flexibility index (Phi) is 4.52. The van der Waals surface area contributed by atoms with E-state index in [1.165, 1.54) is 0 Å². The second kappa shape index (κ2) is 7.09. The molecule has 2 amide bonds. The van der Waals surface area contributed by atoms with E-state index in [0.29, 0.717) is 23.9 Å². The number of carbonyl (C=O) groups is 1. The van der Waals surface area contributed by atoms with Gasteiger partial charge in [0.15, 0.2) is 5.82 Å². The van der Waals surface area contributed by atoms with Gasteiger partial charge in [-0.2, -0.15) is 5.10 Å². The van der Waals surface area contributed by atoms with Gasteiger partial charge in [-0.05, 0) is 29.8 Å². The molecule has 0 atom stereocenters. The molecule has 0 aromatic carbocycles. The number of nitrogens with two attached hydrogens (primary N) is 1. The average Bonchev–Trinajstić information content (AvgIpc) is 2.95. The molecule has 3 aromatic heterocycles. The number of carbonyl (C=O) groups excluding carboxylic acids is 1. The van der Waals surface area contributed by atoms with Crippen molar-refractivity contribution in [3.63, 3.8) is 0 Å². The molecule has 122 valence electrons. The number of aromatic amines is 1. The predicted octanol–water partition coefficient (Wildman–Crippen LogP) is 1.85. The molecule has 3 aromatic rings. The Morgan fingerprint density at radius 1 is 1.17 bits per heavy atom. The molecule has 0 aliphatic carbocycles. The lowest BCUT2D eigenvalue weighted by Crippen LogP contribution is -2.28. The summed E-state index contributed by atoms with van der Waals surface area (Å²) in [5.41, 5.74) is 7.99. The molecule has 0 saturated heterocycles. The minimum absolute atomic E-state index is 0.295. The van der Waals surface area contributed by atoms with E-state index in [2.05, 4.69) is 36.1 Å². The summed E-state index contributed by atoms with van der Waals surface area (Å²) in [5, 5.41) is 15.1. The molecule has 3 heterocycles. The number of nitrogens with zero attached hydrogens (tertiary/aromatic N) is 3. The first kappa shape index (κ1) is 15.3. The maximum atomic E-state index is 12.0. The van der Waals surface area contributed by atoms with E-state index in [1.807, 2.05) is 18.2 Å². The van der Waals surface area contributed by atoms with Gasteiger partial charge in [-0.15, -0.1) is 0 Å². The summed E-state index contributed by atoms with van der Waals surface area (Å²) in [7, 11) is 0. The number of aromatic nitrogens is 4. The number of hydrogen-bond acceptors (Lipinski definition) is 6. The highest BCUT2D eigenvalue weighted by Gasteiger charge is 2.14. The van der Waals surface area contributed by atoms with Gasteiger partial charge >= 0.3 is 6.03 Å². The Balaban J connectivity index is 1.64. The third-order valence-electron chi connectivity index (χ3n) is 3.16. The molecule has 0 fully saturated rings. The lowest BCUT2D eigenvalue weighted by molar-refractivity contribution is 0.251. The molecule has 24 heavy (non-hydrogen) atoms. The van der Waals surface area contributed by atoms with E-state index in [0.717, 1.165) is 11.3 Å². The van der Waals surface area contributed by atoms with Crippen LogP contribution in [0.1, 0.15) is 5.56 Å². The number of hydrogen-bond donors (Lipinski definition) is 5. The van der Waals surface area contributed by atoms with Crippen LogP contribution in [0.25, 0.3) is 0 Å². The molecule has 0 saturated carbocycles. The van der Waals surface area contributed by atoms with E-state index in [-0.39, 0.29) is 0 Å². The normalized spacial score (nSPS) is 10.2. The van der Waals surface area contributed by atoms with Crippen LogP contribution in [0, 0.1) is 0 Å². The minimum atomic E-state index is -0.396. The first-order chi connectivity index (χ1) is 11.7. The number of rotatable bonds is 5. The van der Waals surface area contributed by atoms with E-state index in [9.17, 15) is 4.79 Å². The van der Waals surface area contributed by atoms with Gasteiger partial charge < -0.3 is 16.4 Å². The van der Waals surface area contributed by atoms with Gasteiger partial charge in [0, 0.05) is 25.1 Å². The Hall–Kier alpha value is -3.62. The van der Waals surface area contributed by atoms with Crippen molar-refractivity contribution in [1.29, 1.82) is 0 Å². The van der Waals surface area contributed by atoms with Gasteiger partial charge in [-0.25, -0.2) is 4.79 Å². The quantitative estimate of drug-likeness (QED) is 0.486. The number of amides is 2. The van der Waals surface area contributed by atoms with Crippen molar-refractivity contribution in [2.24, 2.45) is 0 Å². The summed E-state index contributed by atoms with van der Waals surface area (Å²) in [6.07, 6.45) is 6.63. The van der Waals surface area contributed by atoms with Crippen molar-refractivity contribution in [2.75, 3.05) is 16.4 Å². The molecule has 9 nitrogen and oxygen atoms in total. The van der Waals surface area contributed by atoms with Crippen LogP contribution in [0.2, 0.25) is 0 Å². The second-order valence-corrected chi connectivity index (χ2v) is 4.89. The van der Waals surface area contributed by atoms with Crippen LogP contribution in [0.4, 0.5) is 27.8 Å². The maximum absolute atomic E-state index is 12.0. The number of nitrogens with one attached hydrogen (secondary N) is 4. The van der Waals surface area contributed by atoms with Crippen LogP contribution in [0.15, 0.2) is 49.1 Å². The lowest BCUT2D eigenvalue weighted by atomic mass is 10.3. The molecule has 3 rings (SSSR count). The van der Waals surface area contributed by atoms with Crippen molar-refractivity contribution < 1.29 is 4.79 Å². The molecule has 0 bridgehead atoms. The van der Waals surface area contributed by atoms with Crippen molar-refractivity contribution >= 4 is 29.0 Å². The fourth-order valence-electron chi connectivity index (χ4n) is 1.99. The van der Waals surface area contributed by atoms with Crippen molar-refractivity contribution in [1.82, 2.24) is 25.5 Å². The number of urea groups is 1. The molecule has 0 aliphatic heterocycles. The zero-order chi connectivity index (χ0) is 16.8. The van der Waals surface area contributed by atoms with Gasteiger partial charge in [0.25, 0.3) is 0 Å². The summed E-state index contributed by atoms with van der Waals surface area (Å²) in [6, 6.07) is 6.86. The summed E-state index contributed by atoms with van der Waals surface area (Å²) < 4.78 is 0. The maximum Gasteiger partial charge on any atom is 0.320 e. The highest BCUT2D eigenvalue weighted by atomic mass is 16.2. The Labute approximate surface area is 137 Å². The van der Waals surface area contributed by atoms with Gasteiger partial charge in [-0.1, -0.05) is 0 Å². The zero-order valence-electron chi connectivity index (χ0n) is 12.7. The van der Waals surface area contributed by atoms with E-state index < -0.39 is 6.03 Å². The molecular weight excluding hydrogens is 308 g/mol. The monoisotopic (exact) mass is 324 g/mol. The van der Waals surface area contributed by atoms with E-state index >= 15 is 0 Å². The number of H-pyrrole nitrogens is 1. The van der Waals surface area contributed by atoms with E-state index in [4.69, 9.17) is 5.73 Å². The standard InChI is InChI=1S/C15H16N8O/c16-13-12(20-11-2-1-5-18-9-11)14(23-22-13)21-15(24)19-8-10-3-6-17-7-4-10/h1-7,9,20H,8H2,(H5,16,19,21,22,23,24). The number of pyridine rings is 2. The summed E-state index contributed by atoms with van der Waals surface area (Å²) in [4.78, 5) is 20.0. The van der Waals surface area contributed by atoms with Crippen molar-refractivity contribution in [2.45, 2.75) is 6.54 Å². The van der Waals surface area contributed by atoms with Gasteiger partial charge in [0.1, 0.15) is 11.5 Å². The third kappa shape index (κ3) is 3.77. The Morgan fingerprint density at radius 3 is 2.75 bits per heavy atom. The highest BCUT2D eigenvalue weighted by Crippen LogP contribution is 2.28. The minimum Gasteiger partial charge on any atom is -0.382 e. The van der Waals surface area contributed by atoms with Gasteiger partial charge in [-0.3, -0.25) is 20.4 Å². The van der Waals surface area contributed by atoms with Crippen LogP contribution < -0.4 is 21.7 Å². The first-order valence-corrected chi connectivity index (χ1v) is 7.17. The average molecular weight is 324 g/mol. The van der Waals surface area contributed by atoms with Crippen LogP contribution in [-0.2, 0) is 6.54 Å². The number of nitrogen functional groups attached to an aromatic ring is 1. The fraction of sp³-hybridized carbons (Fsp3) is 0.0667. The van der Waals surface area contributed by atoms with Crippen LogP contribution in [0.5, 0.6) is 0 Å². The first-order valence-electron chi connectivity index (χ1n) is 7.17. The molecule has 0 aliphatic rings. The zero-order valence-corrected chi connectivity index (χ0v) is 12.7. The Morgan fingerprint density at radius 2 is 2.00 bits per heavy atom. The predicted molar refractivity (Wildman–Crippen MR) is 90.6 cm³/mol. The highest BCUT2D eigenvalue weighted by molar-refractivity contribution is 5.94. The van der Waals surface area contributed by atoms with E-state index in [1.54, 1.807) is 30.9 Å². The molecular formula is C15H16N8O. The summed E-state index contributed by atoms with van der Waals surface area (Å²) in [5.74, 6) is 0.604. The summed E-state index contributed by atoms with van der Waals surface area (Å²) >= 11 is 0. The van der Waals surface area contributed by atoms with Crippen LogP contribution >= 0.6 is 0 Å². The van der Waals surface area contributed by atoms with Crippen LogP contribution in [0.3, 0.4) is 0 Å². The van der Waals surface area contributed by atoms with Crippen LogP contribution in [-0.4, -0.2) is 26.2 Å². The molecule has 0 unspecified atom stereocenters. The van der Waals surface area contributed by atoms with Gasteiger partial charge in [0.2, 0.25) is 0 Å².